The van der Waals surface area contributed by atoms with Crippen LogP contribution >= 0.6 is 11.3 Å². The standard InChI is InChI=1S/C30H36F6N4O4S/c1-5-12-43-22-13-17-6-7-21(22)40(27(42)44-28(2,3)4)23(17)26(41)39-10-8-38(9-11-39)24-19-14-18(15-29(31,32)33)45-25(19)37-16-20(24)30(34,35)36/h5,14,16-17,21-23H,1,6-13,15H2,2-4H3/t17-,21+,22+,23-/m1/s1. The van der Waals surface area contributed by atoms with Gasteiger partial charge in [-0.25, -0.2) is 9.78 Å². The van der Waals surface area contributed by atoms with Gasteiger partial charge in [0.15, 0.2) is 0 Å². The molecule has 8 nitrogen and oxygen atoms in total. The SMILES string of the molecule is C=CCO[C@H]1C[C@H]2CC[C@@H]1N(C(=O)OC(C)(C)C)[C@H]2C(=O)N1CCN(c2c(C(F)(F)F)cnc3sc(CC(F)(F)F)cc23)CC1. The molecule has 1 saturated carbocycles. The third kappa shape index (κ3) is 7.18. The monoisotopic (exact) mass is 662 g/mol. The number of aromatic nitrogens is 1. The third-order valence-corrected chi connectivity index (χ3v) is 9.40. The summed E-state index contributed by atoms with van der Waals surface area (Å²) in [5.41, 5.74) is -2.09. The Morgan fingerprint density at radius 1 is 1.09 bits per heavy atom. The fourth-order valence-electron chi connectivity index (χ4n) is 6.63. The lowest BCUT2D eigenvalue weighted by atomic mass is 9.72. The number of amides is 2. The zero-order valence-corrected chi connectivity index (χ0v) is 26.0. The number of pyridine rings is 1. The smallest absolute Gasteiger partial charge is 0.419 e. The number of piperazine rings is 1. The molecule has 3 aliphatic heterocycles. The minimum atomic E-state index is -4.80. The average molecular weight is 663 g/mol. The number of thiophene rings is 1. The zero-order chi connectivity index (χ0) is 32.9. The number of alkyl halides is 6. The Morgan fingerprint density at radius 2 is 1.78 bits per heavy atom. The van der Waals surface area contributed by atoms with Crippen LogP contribution in [-0.4, -0.2) is 89.5 Å². The number of carbonyl (C=O) groups is 2. The van der Waals surface area contributed by atoms with E-state index in [-0.39, 0.29) is 70.9 Å². The molecule has 248 valence electrons. The highest BCUT2D eigenvalue weighted by molar-refractivity contribution is 7.18. The van der Waals surface area contributed by atoms with Crippen LogP contribution in [0.3, 0.4) is 0 Å². The molecule has 5 heterocycles. The first kappa shape index (κ1) is 33.3. The molecule has 6 rings (SSSR count). The van der Waals surface area contributed by atoms with Gasteiger partial charge in [-0.1, -0.05) is 6.08 Å². The van der Waals surface area contributed by atoms with Crippen molar-refractivity contribution in [1.82, 2.24) is 14.8 Å². The van der Waals surface area contributed by atoms with Gasteiger partial charge in [0, 0.05) is 42.6 Å². The highest BCUT2D eigenvalue weighted by Gasteiger charge is 2.54. The number of halogens is 6. The lowest BCUT2D eigenvalue weighted by Crippen LogP contribution is -2.68. The Bertz CT molecular complexity index is 1430. The van der Waals surface area contributed by atoms with Crippen LogP contribution in [-0.2, 0) is 26.9 Å². The molecule has 2 aromatic heterocycles. The molecule has 0 spiro atoms. The van der Waals surface area contributed by atoms with Gasteiger partial charge in [0.05, 0.1) is 36.4 Å². The molecular weight excluding hydrogens is 626 g/mol. The van der Waals surface area contributed by atoms with Gasteiger partial charge in [-0.05, 0) is 52.0 Å². The fourth-order valence-corrected chi connectivity index (χ4v) is 7.67. The van der Waals surface area contributed by atoms with Gasteiger partial charge in [0.1, 0.15) is 16.5 Å². The van der Waals surface area contributed by atoms with Crippen LogP contribution in [0.15, 0.2) is 24.9 Å². The van der Waals surface area contributed by atoms with Crippen LogP contribution < -0.4 is 4.90 Å². The van der Waals surface area contributed by atoms with E-state index < -0.39 is 42.1 Å². The Kier molecular flexibility index (Phi) is 9.08. The molecule has 2 amide bonds. The van der Waals surface area contributed by atoms with Crippen LogP contribution in [0.25, 0.3) is 10.2 Å². The maximum Gasteiger partial charge on any atom is 0.419 e. The first-order chi connectivity index (χ1) is 21.0. The van der Waals surface area contributed by atoms with Crippen molar-refractivity contribution in [2.45, 2.75) is 82.6 Å². The maximum atomic E-state index is 14.1. The molecule has 45 heavy (non-hydrogen) atoms. The number of carbonyl (C=O) groups excluding carboxylic acids is 2. The Balaban J connectivity index is 1.39. The van der Waals surface area contributed by atoms with Crippen LogP contribution in [0, 0.1) is 5.92 Å². The first-order valence-corrected chi connectivity index (χ1v) is 15.6. The number of rotatable bonds is 6. The normalized spacial score (nSPS) is 24.3. The number of fused-ring (bicyclic) bond motifs is 4. The second-order valence-corrected chi connectivity index (χ2v) is 13.8. The van der Waals surface area contributed by atoms with Gasteiger partial charge in [-0.2, -0.15) is 26.3 Å². The molecule has 3 saturated heterocycles. The van der Waals surface area contributed by atoms with Crippen molar-refractivity contribution >= 4 is 39.2 Å². The average Bonchev–Trinajstić information content (AvgIpc) is 3.34. The van der Waals surface area contributed by atoms with Crippen LogP contribution in [0.2, 0.25) is 0 Å². The Hall–Kier alpha value is -3.07. The molecule has 1 aliphatic carbocycles. The molecule has 2 bridgehead atoms. The number of hydrogen-bond donors (Lipinski definition) is 0. The van der Waals surface area contributed by atoms with E-state index in [1.54, 1.807) is 31.7 Å². The van der Waals surface area contributed by atoms with E-state index in [0.29, 0.717) is 43.4 Å². The summed E-state index contributed by atoms with van der Waals surface area (Å²) in [6.45, 7) is 9.33. The predicted octanol–water partition coefficient (Wildman–Crippen LogP) is 6.43. The minimum Gasteiger partial charge on any atom is -0.444 e. The lowest BCUT2D eigenvalue weighted by molar-refractivity contribution is -0.156. The van der Waals surface area contributed by atoms with Crippen LogP contribution in [0.1, 0.15) is 50.5 Å². The molecule has 0 N–H and O–H groups in total. The van der Waals surface area contributed by atoms with Gasteiger partial charge >= 0.3 is 18.4 Å². The topological polar surface area (TPSA) is 75.2 Å². The van der Waals surface area contributed by atoms with Crippen molar-refractivity contribution in [2.24, 2.45) is 5.92 Å². The highest BCUT2D eigenvalue weighted by atomic mass is 32.1. The first-order valence-electron chi connectivity index (χ1n) is 14.8. The number of nitrogens with zero attached hydrogens (tertiary/aromatic N) is 4. The van der Waals surface area contributed by atoms with Crippen LogP contribution in [0.5, 0.6) is 0 Å². The van der Waals surface area contributed by atoms with Gasteiger partial charge in [-0.3, -0.25) is 9.69 Å². The highest BCUT2D eigenvalue weighted by Crippen LogP contribution is 2.45. The Labute approximate surface area is 260 Å². The van der Waals surface area contributed by atoms with Gasteiger partial charge < -0.3 is 19.3 Å². The van der Waals surface area contributed by atoms with E-state index in [1.807, 2.05) is 0 Å². The van der Waals surface area contributed by atoms with Crippen molar-refractivity contribution < 1.29 is 45.4 Å². The predicted molar refractivity (Wildman–Crippen MR) is 156 cm³/mol. The van der Waals surface area contributed by atoms with Crippen molar-refractivity contribution in [3.63, 3.8) is 0 Å². The van der Waals surface area contributed by atoms with Gasteiger partial charge in [0.2, 0.25) is 5.91 Å². The molecule has 4 atom stereocenters. The Morgan fingerprint density at radius 3 is 2.38 bits per heavy atom. The quantitative estimate of drug-likeness (QED) is 0.262. The van der Waals surface area contributed by atoms with E-state index in [1.165, 1.54) is 9.80 Å². The summed E-state index contributed by atoms with van der Waals surface area (Å²) in [6.07, 6.45) is -7.32. The molecule has 0 unspecified atom stereocenters. The minimum absolute atomic E-state index is 0.000101. The third-order valence-electron chi connectivity index (χ3n) is 8.36. The molecule has 2 aromatic rings. The second-order valence-electron chi connectivity index (χ2n) is 12.7. The summed E-state index contributed by atoms with van der Waals surface area (Å²) in [7, 11) is 0. The summed E-state index contributed by atoms with van der Waals surface area (Å²) in [4.78, 5) is 35.8. The van der Waals surface area contributed by atoms with E-state index >= 15 is 0 Å². The van der Waals surface area contributed by atoms with Crippen molar-refractivity contribution in [3.05, 3.63) is 35.4 Å². The van der Waals surface area contributed by atoms with E-state index in [9.17, 15) is 35.9 Å². The van der Waals surface area contributed by atoms with Gasteiger partial charge in [0.25, 0.3) is 0 Å². The van der Waals surface area contributed by atoms with Gasteiger partial charge in [-0.15, -0.1) is 17.9 Å². The number of anilines is 1. The van der Waals surface area contributed by atoms with Crippen LogP contribution in [0.4, 0.5) is 36.8 Å². The number of piperidine rings is 2. The number of ether oxygens (including phenoxy) is 2. The van der Waals surface area contributed by atoms with E-state index in [4.69, 9.17) is 9.47 Å². The molecule has 4 fully saturated rings. The number of hydrogen-bond acceptors (Lipinski definition) is 7. The molecule has 15 heteroatoms. The molecule has 4 aliphatic rings. The van der Waals surface area contributed by atoms with Crippen molar-refractivity contribution in [3.8, 4) is 0 Å². The van der Waals surface area contributed by atoms with E-state index in [0.717, 1.165) is 6.07 Å². The summed E-state index contributed by atoms with van der Waals surface area (Å²) >= 11 is 0.710. The molecule has 0 aromatic carbocycles. The summed E-state index contributed by atoms with van der Waals surface area (Å²) in [5.74, 6) is -0.506. The fraction of sp³-hybridized carbons (Fsp3) is 0.633. The largest absolute Gasteiger partial charge is 0.444 e. The zero-order valence-electron chi connectivity index (χ0n) is 25.2. The molecular formula is C30H36F6N4O4S. The second kappa shape index (κ2) is 12.3. The summed E-state index contributed by atoms with van der Waals surface area (Å²) < 4.78 is 93.2. The summed E-state index contributed by atoms with van der Waals surface area (Å²) in [5, 5.41) is 0.000101. The molecule has 0 radical (unpaired) electrons. The van der Waals surface area contributed by atoms with Crippen molar-refractivity contribution in [2.75, 3.05) is 37.7 Å². The lowest BCUT2D eigenvalue weighted by Gasteiger charge is -2.54. The van der Waals surface area contributed by atoms with E-state index in [2.05, 4.69) is 11.6 Å². The maximum absolute atomic E-state index is 14.1. The summed E-state index contributed by atoms with van der Waals surface area (Å²) in [6, 6.07) is -0.0665. The van der Waals surface area contributed by atoms with Crippen molar-refractivity contribution in [1.29, 1.82) is 0 Å².